The summed E-state index contributed by atoms with van der Waals surface area (Å²) in [6.45, 7) is 7.48. The summed E-state index contributed by atoms with van der Waals surface area (Å²) in [5.74, 6) is -0.399. The Bertz CT molecular complexity index is 876. The predicted octanol–water partition coefficient (Wildman–Crippen LogP) is 4.15. The molecule has 2 aromatic rings. The lowest BCUT2D eigenvalue weighted by molar-refractivity contribution is 0.630. The summed E-state index contributed by atoms with van der Waals surface area (Å²) in [7, 11) is 0.425. The molecular weight excluding hydrogens is 353 g/mol. The molecule has 1 aromatic carbocycles. The van der Waals surface area contributed by atoms with E-state index in [0.717, 1.165) is 18.4 Å². The second-order valence-corrected chi connectivity index (χ2v) is 7.63. The van der Waals surface area contributed by atoms with Crippen LogP contribution >= 0.6 is 0 Å². The first kappa shape index (κ1) is 20.2. The molecule has 26 heavy (non-hydrogen) atoms. The van der Waals surface area contributed by atoms with Gasteiger partial charge in [0.25, 0.3) is 5.56 Å². The molecule has 142 valence electrons. The second kappa shape index (κ2) is 8.49. The number of aromatic nitrogens is 1. The van der Waals surface area contributed by atoms with Gasteiger partial charge in [0.1, 0.15) is 16.8 Å². The zero-order chi connectivity index (χ0) is 19.4. The van der Waals surface area contributed by atoms with Crippen molar-refractivity contribution in [3.05, 3.63) is 51.7 Å². The van der Waals surface area contributed by atoms with Crippen molar-refractivity contribution >= 4 is 28.0 Å². The summed E-state index contributed by atoms with van der Waals surface area (Å²) >= 11 is 0. The first-order chi connectivity index (χ1) is 12.4. The van der Waals surface area contributed by atoms with E-state index >= 15 is 0 Å². The number of pyridine rings is 1. The van der Waals surface area contributed by atoms with Gasteiger partial charge < -0.3 is 14.6 Å². The number of anilines is 3. The lowest BCUT2D eigenvalue weighted by atomic mass is 10.2. The van der Waals surface area contributed by atoms with Crippen LogP contribution in [-0.4, -0.2) is 14.0 Å². The van der Waals surface area contributed by atoms with Gasteiger partial charge in [0.15, 0.2) is 0 Å². The van der Waals surface area contributed by atoms with Crippen molar-refractivity contribution in [3.8, 4) is 0 Å². The van der Waals surface area contributed by atoms with Crippen molar-refractivity contribution in [2.24, 2.45) is 7.05 Å². The van der Waals surface area contributed by atoms with Crippen LogP contribution in [0, 0.1) is 19.7 Å². The molecule has 0 spiro atoms. The quantitative estimate of drug-likeness (QED) is 0.820. The van der Waals surface area contributed by atoms with Crippen LogP contribution < -0.4 is 15.6 Å². The molecule has 0 saturated heterocycles. The minimum atomic E-state index is -1.21. The number of hydrogen-bond donors (Lipinski definition) is 2. The summed E-state index contributed by atoms with van der Waals surface area (Å²) in [5, 5.41) is 3.13. The molecule has 5 nitrogen and oxygen atoms in total. The third-order valence-electron chi connectivity index (χ3n) is 4.03. The van der Waals surface area contributed by atoms with Gasteiger partial charge in [-0.15, -0.1) is 0 Å². The maximum absolute atomic E-state index is 14.2. The lowest BCUT2D eigenvalue weighted by Gasteiger charge is -2.17. The van der Waals surface area contributed by atoms with Crippen LogP contribution in [0.5, 0.6) is 0 Å². The van der Waals surface area contributed by atoms with Gasteiger partial charge in [0.2, 0.25) is 0 Å². The van der Waals surface area contributed by atoms with E-state index < -0.39 is 16.8 Å². The number of halogens is 1. The molecule has 1 saturated carbocycles. The predicted molar refractivity (Wildman–Crippen MR) is 107 cm³/mol. The van der Waals surface area contributed by atoms with Gasteiger partial charge in [-0.2, -0.15) is 0 Å². The Hall–Kier alpha value is -2.15. The Morgan fingerprint density at radius 1 is 1.19 bits per heavy atom. The van der Waals surface area contributed by atoms with E-state index in [1.54, 1.807) is 32.3 Å². The smallest absolute Gasteiger partial charge is 0.255 e. The number of rotatable bonds is 5. The van der Waals surface area contributed by atoms with Crippen molar-refractivity contribution in [1.82, 2.24) is 4.57 Å². The Morgan fingerprint density at radius 2 is 1.85 bits per heavy atom. The van der Waals surface area contributed by atoms with Crippen LogP contribution in [0.25, 0.3) is 0 Å². The topological polar surface area (TPSA) is 63.1 Å². The van der Waals surface area contributed by atoms with Crippen molar-refractivity contribution < 1.29 is 8.60 Å². The molecule has 1 atom stereocenters. The summed E-state index contributed by atoms with van der Waals surface area (Å²) in [6, 6.07) is 4.84. The highest BCUT2D eigenvalue weighted by Gasteiger charge is 2.29. The van der Waals surface area contributed by atoms with Gasteiger partial charge in [0, 0.05) is 18.8 Å². The molecule has 7 heteroatoms. The minimum Gasteiger partial charge on any atom is -0.351 e. The molecule has 3 rings (SSSR count). The highest BCUT2D eigenvalue weighted by Crippen LogP contribution is 2.32. The largest absolute Gasteiger partial charge is 0.351 e. The normalized spacial score (nSPS) is 14.2. The summed E-state index contributed by atoms with van der Waals surface area (Å²) < 4.78 is 30.8. The van der Waals surface area contributed by atoms with Crippen molar-refractivity contribution in [3.63, 3.8) is 0 Å². The molecular formula is C19H26FN3O2S. The van der Waals surface area contributed by atoms with E-state index in [1.165, 1.54) is 10.6 Å². The van der Waals surface area contributed by atoms with E-state index in [-0.39, 0.29) is 16.5 Å². The summed E-state index contributed by atoms with van der Waals surface area (Å²) in [6.07, 6.45) is 3.45. The second-order valence-electron chi connectivity index (χ2n) is 6.17. The molecule has 1 fully saturated rings. The number of aryl methyl sites for hydroxylation is 2. The van der Waals surface area contributed by atoms with Crippen molar-refractivity contribution in [2.45, 2.75) is 45.8 Å². The lowest BCUT2D eigenvalue weighted by Crippen LogP contribution is -2.22. The van der Waals surface area contributed by atoms with Crippen molar-refractivity contribution in [1.29, 1.82) is 0 Å². The van der Waals surface area contributed by atoms with E-state index in [0.29, 0.717) is 16.9 Å². The zero-order valence-electron chi connectivity index (χ0n) is 15.9. The summed E-state index contributed by atoms with van der Waals surface area (Å²) in [4.78, 5) is 12.2. The average molecular weight is 380 g/mol. The first-order valence-electron chi connectivity index (χ1n) is 8.77. The highest BCUT2D eigenvalue weighted by atomic mass is 32.2. The molecule has 1 aromatic heterocycles. The maximum Gasteiger partial charge on any atom is 0.255 e. The third kappa shape index (κ3) is 4.52. The van der Waals surface area contributed by atoms with Gasteiger partial charge in [0.05, 0.1) is 22.3 Å². The van der Waals surface area contributed by atoms with Gasteiger partial charge in [-0.25, -0.2) is 8.60 Å². The summed E-state index contributed by atoms with van der Waals surface area (Å²) in [5.41, 5.74) is 2.32. The van der Waals surface area contributed by atoms with Gasteiger partial charge >= 0.3 is 0 Å². The molecule has 2 N–H and O–H groups in total. The SMILES string of the molecule is CC.Cc1ccc(Nc2c(NS(=O)C3CC3)cn(C)c(=O)c2C)c(F)c1. The van der Waals surface area contributed by atoms with Crippen LogP contribution in [0.3, 0.4) is 0 Å². The molecule has 1 heterocycles. The fraction of sp³-hybridized carbons (Fsp3) is 0.421. The van der Waals surface area contributed by atoms with E-state index in [2.05, 4.69) is 10.0 Å². The number of nitrogens with zero attached hydrogens (tertiary/aromatic N) is 1. The van der Waals surface area contributed by atoms with E-state index in [4.69, 9.17) is 0 Å². The van der Waals surface area contributed by atoms with Gasteiger partial charge in [-0.1, -0.05) is 19.9 Å². The minimum absolute atomic E-state index is 0.145. The Labute approximate surface area is 156 Å². The monoisotopic (exact) mass is 379 g/mol. The van der Waals surface area contributed by atoms with Crippen molar-refractivity contribution in [2.75, 3.05) is 10.0 Å². The molecule has 0 radical (unpaired) electrons. The average Bonchev–Trinajstić information content (AvgIpc) is 3.45. The molecule has 1 aliphatic rings. The number of hydrogen-bond acceptors (Lipinski definition) is 3. The first-order valence-corrected chi connectivity index (χ1v) is 9.98. The standard InChI is InChI=1S/C17H20FN3O2S.C2H6/c1-10-4-7-14(13(18)8-10)19-16-11(2)17(22)21(3)9-15(16)20-24(23)12-5-6-12;1-2/h4,7-9,12,19-20H,5-6H2,1-3H3;1-2H3. The van der Waals surface area contributed by atoms with Gasteiger partial charge in [-0.05, 0) is 44.4 Å². The van der Waals surface area contributed by atoms with Crippen LogP contribution in [-0.2, 0) is 18.0 Å². The Morgan fingerprint density at radius 3 is 2.42 bits per heavy atom. The van der Waals surface area contributed by atoms with Crippen LogP contribution in [0.1, 0.15) is 37.8 Å². The third-order valence-corrected chi connectivity index (χ3v) is 5.53. The van der Waals surface area contributed by atoms with Gasteiger partial charge in [-0.3, -0.25) is 4.79 Å². The molecule has 0 bridgehead atoms. The highest BCUT2D eigenvalue weighted by molar-refractivity contribution is 7.87. The van der Waals surface area contributed by atoms with E-state index in [1.807, 2.05) is 20.8 Å². The number of benzene rings is 1. The van der Waals surface area contributed by atoms with E-state index in [9.17, 15) is 13.4 Å². The molecule has 1 aliphatic carbocycles. The maximum atomic E-state index is 14.2. The fourth-order valence-corrected chi connectivity index (χ4v) is 3.56. The molecule has 0 amide bonds. The Kier molecular flexibility index (Phi) is 6.58. The van der Waals surface area contributed by atoms with Crippen LogP contribution in [0.15, 0.2) is 29.2 Å². The molecule has 1 unspecified atom stereocenters. The zero-order valence-corrected chi connectivity index (χ0v) is 16.7. The molecule has 0 aliphatic heterocycles. The van der Waals surface area contributed by atoms with Crippen LogP contribution in [0.2, 0.25) is 0 Å². The number of nitrogens with one attached hydrogen (secondary N) is 2. The van der Waals surface area contributed by atoms with Crippen LogP contribution in [0.4, 0.5) is 21.5 Å². The fourth-order valence-electron chi connectivity index (χ4n) is 2.46. The Balaban J connectivity index is 0.00000117.